The summed E-state index contributed by atoms with van der Waals surface area (Å²) in [5.41, 5.74) is 4.87. The van der Waals surface area contributed by atoms with Crippen LogP contribution in [0.25, 0.3) is 0 Å². The van der Waals surface area contributed by atoms with Gasteiger partial charge in [0.1, 0.15) is 23.1 Å². The number of hydrogen-bond donors (Lipinski definition) is 1. The first-order valence-corrected chi connectivity index (χ1v) is 4.79. The SMILES string of the molecule is NC(CCl)=Nc1cc(OC(F)(F)F)ccc1F. The molecule has 0 aliphatic carbocycles. The molecule has 0 unspecified atom stereocenters. The van der Waals surface area contributed by atoms with Gasteiger partial charge in [0.25, 0.3) is 0 Å². The summed E-state index contributed by atoms with van der Waals surface area (Å²) in [6, 6.07) is 2.41. The lowest BCUT2D eigenvalue weighted by atomic mass is 10.3. The van der Waals surface area contributed by atoms with E-state index >= 15 is 0 Å². The highest BCUT2D eigenvalue weighted by Crippen LogP contribution is 2.28. The van der Waals surface area contributed by atoms with E-state index in [-0.39, 0.29) is 17.4 Å². The smallest absolute Gasteiger partial charge is 0.406 e. The number of rotatable bonds is 3. The molecule has 8 heteroatoms. The highest BCUT2D eigenvalue weighted by Gasteiger charge is 2.31. The first kappa shape index (κ1) is 13.6. The molecular formula is C9H7ClF4N2O. The molecule has 0 saturated carbocycles. The molecule has 0 radical (unpaired) electrons. The molecule has 0 aliphatic heterocycles. The average Bonchev–Trinajstić information content (AvgIpc) is 2.20. The molecule has 1 aromatic carbocycles. The minimum absolute atomic E-state index is 0.116. The fourth-order valence-corrected chi connectivity index (χ4v) is 1.02. The van der Waals surface area contributed by atoms with Crippen molar-refractivity contribution in [2.24, 2.45) is 10.7 Å². The van der Waals surface area contributed by atoms with Crippen LogP contribution >= 0.6 is 11.6 Å². The average molecular weight is 271 g/mol. The van der Waals surface area contributed by atoms with Gasteiger partial charge < -0.3 is 10.5 Å². The zero-order valence-corrected chi connectivity index (χ0v) is 9.02. The Hall–Kier alpha value is -1.50. The van der Waals surface area contributed by atoms with E-state index in [0.29, 0.717) is 0 Å². The van der Waals surface area contributed by atoms with Gasteiger partial charge in [-0.1, -0.05) is 0 Å². The summed E-state index contributed by atoms with van der Waals surface area (Å²) < 4.78 is 52.5. The highest BCUT2D eigenvalue weighted by molar-refractivity contribution is 6.28. The molecule has 0 aromatic heterocycles. The van der Waals surface area contributed by atoms with E-state index in [9.17, 15) is 17.6 Å². The van der Waals surface area contributed by atoms with Crippen molar-refractivity contribution >= 4 is 23.1 Å². The largest absolute Gasteiger partial charge is 0.573 e. The van der Waals surface area contributed by atoms with Crippen LogP contribution in [0.4, 0.5) is 23.2 Å². The first-order chi connectivity index (χ1) is 7.81. The number of aliphatic imine (C=N–C) groups is 1. The maximum absolute atomic E-state index is 13.2. The van der Waals surface area contributed by atoms with E-state index in [1.165, 1.54) is 0 Å². The predicted molar refractivity (Wildman–Crippen MR) is 55.1 cm³/mol. The molecule has 0 heterocycles. The summed E-state index contributed by atoms with van der Waals surface area (Å²) in [5, 5.41) is 0. The van der Waals surface area contributed by atoms with Gasteiger partial charge in [-0.25, -0.2) is 9.38 Å². The van der Waals surface area contributed by atoms with Crippen molar-refractivity contribution in [3.63, 3.8) is 0 Å². The van der Waals surface area contributed by atoms with Gasteiger partial charge in [-0.2, -0.15) is 0 Å². The Kier molecular flexibility index (Phi) is 4.17. The normalized spacial score (nSPS) is 12.6. The molecule has 0 spiro atoms. The third kappa shape index (κ3) is 4.48. The number of ether oxygens (including phenoxy) is 1. The van der Waals surface area contributed by atoms with Crippen LogP contribution in [0.2, 0.25) is 0 Å². The number of amidine groups is 1. The molecule has 0 aliphatic rings. The Balaban J connectivity index is 3.03. The first-order valence-electron chi connectivity index (χ1n) is 4.26. The number of hydrogen-bond acceptors (Lipinski definition) is 2. The van der Waals surface area contributed by atoms with Crippen molar-refractivity contribution in [2.75, 3.05) is 5.88 Å². The second-order valence-corrected chi connectivity index (χ2v) is 3.17. The molecule has 1 aromatic rings. The topological polar surface area (TPSA) is 47.6 Å². The van der Waals surface area contributed by atoms with Gasteiger partial charge in [-0.05, 0) is 12.1 Å². The number of nitrogens with two attached hydrogens (primary N) is 1. The lowest BCUT2D eigenvalue weighted by Crippen LogP contribution is -2.17. The Morgan fingerprint density at radius 3 is 2.59 bits per heavy atom. The minimum Gasteiger partial charge on any atom is -0.406 e. The maximum Gasteiger partial charge on any atom is 0.573 e. The quantitative estimate of drug-likeness (QED) is 0.397. The Labute approximate surface area is 98.8 Å². The van der Waals surface area contributed by atoms with Gasteiger partial charge in [0, 0.05) is 6.07 Å². The maximum atomic E-state index is 13.2. The van der Waals surface area contributed by atoms with Crippen molar-refractivity contribution in [2.45, 2.75) is 6.36 Å². The van der Waals surface area contributed by atoms with Gasteiger partial charge in [0.05, 0.1) is 5.88 Å². The molecular weight excluding hydrogens is 264 g/mol. The third-order valence-corrected chi connectivity index (χ3v) is 1.83. The molecule has 94 valence electrons. The molecule has 0 saturated heterocycles. The van der Waals surface area contributed by atoms with Gasteiger partial charge in [0.15, 0.2) is 0 Å². The fourth-order valence-electron chi connectivity index (χ4n) is 0.960. The number of alkyl halides is 4. The Morgan fingerprint density at radius 2 is 2.06 bits per heavy atom. The van der Waals surface area contributed by atoms with Gasteiger partial charge >= 0.3 is 6.36 Å². The molecule has 17 heavy (non-hydrogen) atoms. The second-order valence-electron chi connectivity index (χ2n) is 2.90. The van der Waals surface area contributed by atoms with E-state index in [4.69, 9.17) is 17.3 Å². The Morgan fingerprint density at radius 1 is 1.41 bits per heavy atom. The zero-order chi connectivity index (χ0) is 13.1. The fraction of sp³-hybridized carbons (Fsp3) is 0.222. The molecule has 0 amide bonds. The van der Waals surface area contributed by atoms with Crippen LogP contribution in [-0.4, -0.2) is 18.1 Å². The predicted octanol–water partition coefficient (Wildman–Crippen LogP) is 2.95. The summed E-state index contributed by atoms with van der Waals surface area (Å²) in [6.45, 7) is 0. The van der Waals surface area contributed by atoms with Gasteiger partial charge in [0.2, 0.25) is 0 Å². The van der Waals surface area contributed by atoms with Crippen LogP contribution in [0.1, 0.15) is 0 Å². The second kappa shape index (κ2) is 5.22. The minimum atomic E-state index is -4.85. The van der Waals surface area contributed by atoms with Crippen molar-refractivity contribution in [1.29, 1.82) is 0 Å². The molecule has 0 fully saturated rings. The van der Waals surface area contributed by atoms with E-state index in [1.807, 2.05) is 0 Å². The summed E-state index contributed by atoms with van der Waals surface area (Å²) in [7, 11) is 0. The molecule has 1 rings (SSSR count). The van der Waals surface area contributed by atoms with Crippen LogP contribution < -0.4 is 10.5 Å². The molecule has 0 atom stereocenters. The summed E-state index contributed by atoms with van der Waals surface area (Å²) in [6.07, 6.45) is -4.85. The van der Waals surface area contributed by atoms with Crippen LogP contribution in [0.15, 0.2) is 23.2 Å². The van der Waals surface area contributed by atoms with E-state index in [1.54, 1.807) is 0 Å². The van der Waals surface area contributed by atoms with Gasteiger partial charge in [-0.15, -0.1) is 24.8 Å². The van der Waals surface area contributed by atoms with E-state index < -0.39 is 17.9 Å². The van der Waals surface area contributed by atoms with Crippen LogP contribution in [0, 0.1) is 5.82 Å². The van der Waals surface area contributed by atoms with E-state index in [0.717, 1.165) is 18.2 Å². The molecule has 2 N–H and O–H groups in total. The monoisotopic (exact) mass is 270 g/mol. The summed E-state index contributed by atoms with van der Waals surface area (Å²) in [4.78, 5) is 3.51. The third-order valence-electron chi connectivity index (χ3n) is 1.55. The van der Waals surface area contributed by atoms with Crippen LogP contribution in [0.5, 0.6) is 5.75 Å². The van der Waals surface area contributed by atoms with Crippen molar-refractivity contribution < 1.29 is 22.3 Å². The van der Waals surface area contributed by atoms with Crippen LogP contribution in [-0.2, 0) is 0 Å². The molecule has 0 bridgehead atoms. The Bertz CT molecular complexity index is 433. The van der Waals surface area contributed by atoms with Gasteiger partial charge in [-0.3, -0.25) is 0 Å². The lowest BCUT2D eigenvalue weighted by molar-refractivity contribution is -0.274. The zero-order valence-electron chi connectivity index (χ0n) is 8.26. The standard InChI is InChI=1S/C9H7ClF4N2O/c10-4-8(15)16-7-3-5(1-2-6(7)11)17-9(12,13)14/h1-3H,4H2,(H2,15,16). The lowest BCUT2D eigenvalue weighted by Gasteiger charge is -2.09. The van der Waals surface area contributed by atoms with E-state index in [2.05, 4.69) is 9.73 Å². The van der Waals surface area contributed by atoms with Crippen molar-refractivity contribution in [3.8, 4) is 5.75 Å². The summed E-state index contributed by atoms with van der Waals surface area (Å²) in [5.74, 6) is -1.69. The number of benzene rings is 1. The molecule has 3 nitrogen and oxygen atoms in total. The van der Waals surface area contributed by atoms with Crippen LogP contribution in [0.3, 0.4) is 0 Å². The summed E-state index contributed by atoms with van der Waals surface area (Å²) >= 11 is 5.31. The van der Waals surface area contributed by atoms with Crippen molar-refractivity contribution in [3.05, 3.63) is 24.0 Å². The number of halogens is 5. The highest BCUT2D eigenvalue weighted by atomic mass is 35.5. The van der Waals surface area contributed by atoms with Crippen molar-refractivity contribution in [1.82, 2.24) is 0 Å². The number of nitrogens with zero attached hydrogens (tertiary/aromatic N) is 1.